The summed E-state index contributed by atoms with van der Waals surface area (Å²) in [6.07, 6.45) is -1.33. The number of rotatable bonds is 14. The molecule has 16 nitrogen and oxygen atoms in total. The fourth-order valence-corrected chi connectivity index (χ4v) is 4.64. The van der Waals surface area contributed by atoms with E-state index in [0.29, 0.717) is 17.0 Å². The molecule has 1 aliphatic heterocycles. The summed E-state index contributed by atoms with van der Waals surface area (Å²) in [5.74, 6) is -2.92. The number of amides is 8. The fraction of sp³-hybridized carbons (Fsp3) is 0.321. The molecular formula is C28H32IN7O9. The molecule has 1 saturated heterocycles. The molecule has 1 heterocycles. The number of carbonyl (C=O) groups is 7. The number of urea groups is 1. The van der Waals surface area contributed by atoms with E-state index >= 15 is 0 Å². The number of ether oxygens (including phenoxy) is 1. The Morgan fingerprint density at radius 1 is 0.911 bits per heavy atom. The third-order valence-electron chi connectivity index (χ3n) is 6.38. The van der Waals surface area contributed by atoms with Crippen LogP contribution in [0.4, 0.5) is 15.3 Å². The van der Waals surface area contributed by atoms with Crippen molar-refractivity contribution in [1.29, 1.82) is 0 Å². The van der Waals surface area contributed by atoms with Crippen molar-refractivity contribution in [2.24, 2.45) is 0 Å². The summed E-state index contributed by atoms with van der Waals surface area (Å²) in [6.45, 7) is -1.91. The van der Waals surface area contributed by atoms with E-state index in [-0.39, 0.29) is 19.4 Å². The number of anilines is 1. The van der Waals surface area contributed by atoms with Gasteiger partial charge in [0.2, 0.25) is 29.5 Å². The van der Waals surface area contributed by atoms with Gasteiger partial charge in [-0.25, -0.2) is 14.5 Å². The number of carboxylic acid groups (broad SMARTS) is 1. The van der Waals surface area contributed by atoms with Crippen LogP contribution in [0, 0.1) is 3.57 Å². The lowest BCUT2D eigenvalue weighted by atomic mass is 10.1. The SMILES string of the molecule is COc1ccc(I)cc1N1CCC(=O)N(CNC(=O)CNC(=O)C(Cc2ccccc2)NC(=O)CNC(=O)CNC(=O)O)C1=O. The van der Waals surface area contributed by atoms with E-state index in [4.69, 9.17) is 9.84 Å². The number of benzene rings is 2. The number of carbonyl (C=O) groups excluding carboxylic acids is 6. The molecule has 2 aromatic carbocycles. The lowest BCUT2D eigenvalue weighted by molar-refractivity contribution is -0.132. The average Bonchev–Trinajstić information content (AvgIpc) is 3.01. The van der Waals surface area contributed by atoms with Gasteiger partial charge in [-0.05, 0) is 46.4 Å². The molecule has 240 valence electrons. The minimum Gasteiger partial charge on any atom is -0.495 e. The van der Waals surface area contributed by atoms with Crippen molar-refractivity contribution < 1.29 is 43.4 Å². The van der Waals surface area contributed by atoms with E-state index in [1.165, 1.54) is 12.0 Å². The summed E-state index contributed by atoms with van der Waals surface area (Å²) < 4.78 is 6.21. The number of hydrogen-bond donors (Lipinski definition) is 6. The van der Waals surface area contributed by atoms with Gasteiger partial charge in [0, 0.05) is 23.0 Å². The van der Waals surface area contributed by atoms with Crippen molar-refractivity contribution in [3.05, 3.63) is 57.7 Å². The maximum atomic E-state index is 13.2. The van der Waals surface area contributed by atoms with Gasteiger partial charge in [0.15, 0.2) is 0 Å². The molecule has 0 aliphatic carbocycles. The van der Waals surface area contributed by atoms with Gasteiger partial charge in [-0.2, -0.15) is 0 Å². The lowest BCUT2D eigenvalue weighted by Gasteiger charge is -2.34. The third kappa shape index (κ3) is 10.6. The van der Waals surface area contributed by atoms with E-state index < -0.39 is 74.0 Å². The second-order valence-corrected chi connectivity index (χ2v) is 10.8. The topological polar surface area (TPSA) is 216 Å². The molecule has 0 spiro atoms. The first kappa shape index (κ1) is 34.5. The molecule has 1 aliphatic rings. The fourth-order valence-electron chi connectivity index (χ4n) is 4.17. The van der Waals surface area contributed by atoms with Crippen molar-refractivity contribution >= 4 is 69.9 Å². The number of nitrogens with one attached hydrogen (secondary N) is 5. The zero-order valence-corrected chi connectivity index (χ0v) is 26.3. The average molecular weight is 738 g/mol. The van der Waals surface area contributed by atoms with Crippen molar-refractivity contribution in [3.63, 3.8) is 0 Å². The highest BCUT2D eigenvalue weighted by atomic mass is 127. The van der Waals surface area contributed by atoms with Crippen LogP contribution in [0.5, 0.6) is 5.75 Å². The van der Waals surface area contributed by atoms with Gasteiger partial charge in [-0.15, -0.1) is 0 Å². The monoisotopic (exact) mass is 737 g/mol. The molecule has 0 radical (unpaired) electrons. The largest absolute Gasteiger partial charge is 0.495 e. The first-order valence-corrected chi connectivity index (χ1v) is 14.6. The first-order chi connectivity index (χ1) is 21.5. The van der Waals surface area contributed by atoms with Gasteiger partial charge in [-0.3, -0.25) is 28.9 Å². The number of hydrogen-bond acceptors (Lipinski definition) is 8. The first-order valence-electron chi connectivity index (χ1n) is 13.5. The molecule has 45 heavy (non-hydrogen) atoms. The summed E-state index contributed by atoms with van der Waals surface area (Å²) in [7, 11) is 1.47. The van der Waals surface area contributed by atoms with Crippen LogP contribution >= 0.6 is 22.6 Å². The number of halogens is 1. The molecule has 1 fully saturated rings. The third-order valence-corrected chi connectivity index (χ3v) is 7.05. The van der Waals surface area contributed by atoms with Gasteiger partial charge in [0.05, 0.1) is 32.4 Å². The van der Waals surface area contributed by atoms with Crippen LogP contribution in [0.15, 0.2) is 48.5 Å². The minimum atomic E-state index is -1.41. The molecule has 2 aromatic rings. The van der Waals surface area contributed by atoms with Crippen LogP contribution < -0.4 is 36.2 Å². The summed E-state index contributed by atoms with van der Waals surface area (Å²) in [5, 5.41) is 20.0. The van der Waals surface area contributed by atoms with Crippen LogP contribution in [0.25, 0.3) is 0 Å². The molecule has 0 bridgehead atoms. The molecule has 17 heteroatoms. The molecule has 6 N–H and O–H groups in total. The van der Waals surface area contributed by atoms with Crippen molar-refractivity contribution in [3.8, 4) is 5.75 Å². The van der Waals surface area contributed by atoms with Crippen molar-refractivity contribution in [2.75, 3.05) is 44.9 Å². The highest BCUT2D eigenvalue weighted by Crippen LogP contribution is 2.32. The summed E-state index contributed by atoms with van der Waals surface area (Å²) >= 11 is 2.09. The van der Waals surface area contributed by atoms with Crippen LogP contribution in [0.3, 0.4) is 0 Å². The van der Waals surface area contributed by atoms with Crippen LogP contribution in [-0.4, -0.2) is 97.7 Å². The normalized spacial score (nSPS) is 13.4. The van der Waals surface area contributed by atoms with Crippen LogP contribution in [-0.2, 0) is 30.4 Å². The minimum absolute atomic E-state index is 0.0182. The molecule has 1 unspecified atom stereocenters. The Morgan fingerprint density at radius 3 is 2.27 bits per heavy atom. The van der Waals surface area contributed by atoms with Crippen LogP contribution in [0.1, 0.15) is 12.0 Å². The van der Waals surface area contributed by atoms with Gasteiger partial charge in [-0.1, -0.05) is 30.3 Å². The van der Waals surface area contributed by atoms with E-state index in [0.717, 1.165) is 8.47 Å². The second kappa shape index (κ2) is 16.8. The quantitative estimate of drug-likeness (QED) is 0.141. The Morgan fingerprint density at radius 2 is 1.58 bits per heavy atom. The Balaban J connectivity index is 1.56. The van der Waals surface area contributed by atoms with E-state index in [9.17, 15) is 33.6 Å². The molecular weight excluding hydrogens is 705 g/mol. The summed E-state index contributed by atoms with van der Waals surface area (Å²) in [5.41, 5.74) is 1.18. The number of methoxy groups -OCH3 is 1. The maximum absolute atomic E-state index is 13.2. The van der Waals surface area contributed by atoms with Gasteiger partial charge < -0.3 is 36.4 Å². The smallest absolute Gasteiger partial charge is 0.405 e. The standard InChI is InChI=1S/C28H32IN7O9/c1-45-21-8-7-18(29)12-20(21)35-10-9-25(40)36(28(35)44)16-33-23(38)13-31-26(41)19(11-17-5-3-2-4-6-17)34-24(39)15-30-22(37)14-32-27(42)43/h2-8,12,19,32H,9-11,13-16H2,1H3,(H,30,37)(H,31,41)(H,33,38)(H,34,39)(H,42,43). The molecule has 3 rings (SSSR count). The maximum Gasteiger partial charge on any atom is 0.405 e. The van der Waals surface area contributed by atoms with Crippen LogP contribution in [0.2, 0.25) is 0 Å². The Kier molecular flexibility index (Phi) is 12.9. The molecule has 1 atom stereocenters. The number of imide groups is 1. The van der Waals surface area contributed by atoms with Gasteiger partial charge in [0.25, 0.3) is 0 Å². The predicted octanol–water partition coefficient (Wildman–Crippen LogP) is -0.240. The molecule has 0 saturated carbocycles. The molecule has 0 aromatic heterocycles. The Bertz CT molecular complexity index is 1440. The zero-order chi connectivity index (χ0) is 32.9. The van der Waals surface area contributed by atoms with E-state index in [1.54, 1.807) is 42.5 Å². The van der Waals surface area contributed by atoms with Gasteiger partial charge >= 0.3 is 12.1 Å². The van der Waals surface area contributed by atoms with Crippen molar-refractivity contribution in [1.82, 2.24) is 31.5 Å². The Labute approximate surface area is 271 Å². The van der Waals surface area contributed by atoms with E-state index in [2.05, 4.69) is 43.9 Å². The Hall–Kier alpha value is -4.94. The van der Waals surface area contributed by atoms with Gasteiger partial charge in [0.1, 0.15) is 18.5 Å². The molecule has 8 amide bonds. The van der Waals surface area contributed by atoms with Crippen molar-refractivity contribution in [2.45, 2.75) is 18.9 Å². The summed E-state index contributed by atoms with van der Waals surface area (Å²) in [4.78, 5) is 88.2. The highest BCUT2D eigenvalue weighted by Gasteiger charge is 2.34. The predicted molar refractivity (Wildman–Crippen MR) is 167 cm³/mol. The summed E-state index contributed by atoms with van der Waals surface area (Å²) in [6, 6.07) is 12.2. The number of nitrogens with zero attached hydrogens (tertiary/aromatic N) is 2. The second-order valence-electron chi connectivity index (χ2n) is 9.54. The highest BCUT2D eigenvalue weighted by molar-refractivity contribution is 14.1. The van der Waals surface area contributed by atoms with E-state index in [1.807, 2.05) is 11.4 Å². The lowest BCUT2D eigenvalue weighted by Crippen LogP contribution is -2.56. The zero-order valence-electron chi connectivity index (χ0n) is 24.1.